The van der Waals surface area contributed by atoms with E-state index < -0.39 is 0 Å². The smallest absolute Gasteiger partial charge is 0.277 e. The van der Waals surface area contributed by atoms with E-state index in [1.54, 1.807) is 30.2 Å². The lowest BCUT2D eigenvalue weighted by atomic mass is 10.1. The average Bonchev–Trinajstić information content (AvgIpc) is 3.43. The van der Waals surface area contributed by atoms with Gasteiger partial charge in [-0.2, -0.15) is 10.2 Å². The molecule has 0 saturated carbocycles. The van der Waals surface area contributed by atoms with Crippen molar-refractivity contribution in [3.05, 3.63) is 87.4 Å². The normalized spacial score (nSPS) is 11.2. The first-order chi connectivity index (χ1) is 16.5. The molecule has 0 radical (unpaired) electrons. The standard InChI is InChI=1S/C24H22N8O2/c1-14-6-7-15(9-26-14)13-32-24(34)21-17(8-25)22(31(2)20(21)12-29-32)23(33)27-10-16-4-3-5-19-18(16)11-28-30-19/h3-9,11-12,25H,10,13H2,1-2H3,(H,27,33)(H,28,30). The molecular weight excluding hydrogens is 432 g/mol. The van der Waals surface area contributed by atoms with Gasteiger partial charge in [-0.05, 0) is 30.2 Å². The summed E-state index contributed by atoms with van der Waals surface area (Å²) in [7, 11) is 1.69. The maximum atomic E-state index is 13.3. The van der Waals surface area contributed by atoms with Crippen LogP contribution < -0.4 is 10.9 Å². The number of nitrogens with one attached hydrogen (secondary N) is 3. The van der Waals surface area contributed by atoms with Crippen LogP contribution in [0.2, 0.25) is 0 Å². The summed E-state index contributed by atoms with van der Waals surface area (Å²) in [5.41, 5.74) is 4.13. The van der Waals surface area contributed by atoms with Gasteiger partial charge >= 0.3 is 0 Å². The molecule has 0 atom stereocenters. The Bertz CT molecular complexity index is 1610. The fourth-order valence-electron chi connectivity index (χ4n) is 4.14. The number of fused-ring (bicyclic) bond motifs is 2. The zero-order valence-electron chi connectivity index (χ0n) is 18.7. The van der Waals surface area contributed by atoms with Crippen molar-refractivity contribution in [2.75, 3.05) is 0 Å². The molecule has 10 nitrogen and oxygen atoms in total. The number of carbonyl (C=O) groups excluding carboxylic acids is 1. The molecule has 5 aromatic rings. The van der Waals surface area contributed by atoms with Crippen LogP contribution in [0.1, 0.15) is 32.9 Å². The molecule has 0 spiro atoms. The number of hydrogen-bond acceptors (Lipinski definition) is 6. The zero-order chi connectivity index (χ0) is 23.8. The van der Waals surface area contributed by atoms with E-state index in [-0.39, 0.29) is 41.2 Å². The second kappa shape index (κ2) is 8.39. The third-order valence-corrected chi connectivity index (χ3v) is 5.92. The van der Waals surface area contributed by atoms with Gasteiger partial charge in [-0.15, -0.1) is 0 Å². The van der Waals surface area contributed by atoms with Crippen molar-refractivity contribution in [3.63, 3.8) is 0 Å². The van der Waals surface area contributed by atoms with Gasteiger partial charge in [0, 0.05) is 42.6 Å². The zero-order valence-corrected chi connectivity index (χ0v) is 18.7. The number of hydrogen-bond donors (Lipinski definition) is 3. The molecule has 0 saturated heterocycles. The Labute approximate surface area is 193 Å². The molecular formula is C24H22N8O2. The Morgan fingerprint density at radius 3 is 2.82 bits per heavy atom. The summed E-state index contributed by atoms with van der Waals surface area (Å²) in [6, 6.07) is 9.48. The van der Waals surface area contributed by atoms with Crippen molar-refractivity contribution in [3.8, 4) is 0 Å². The van der Waals surface area contributed by atoms with Crippen molar-refractivity contribution in [1.29, 1.82) is 5.41 Å². The number of rotatable bonds is 6. The summed E-state index contributed by atoms with van der Waals surface area (Å²) < 4.78 is 2.93. The second-order valence-corrected chi connectivity index (χ2v) is 8.07. The lowest BCUT2D eigenvalue weighted by Crippen LogP contribution is -2.26. The minimum absolute atomic E-state index is 0.234. The molecule has 170 valence electrons. The summed E-state index contributed by atoms with van der Waals surface area (Å²) in [5, 5.41) is 23.3. The molecule has 0 aliphatic heterocycles. The van der Waals surface area contributed by atoms with Gasteiger partial charge in [0.25, 0.3) is 11.5 Å². The van der Waals surface area contributed by atoms with Gasteiger partial charge < -0.3 is 15.3 Å². The van der Waals surface area contributed by atoms with Crippen molar-refractivity contribution < 1.29 is 4.79 Å². The molecule has 0 bridgehead atoms. The van der Waals surface area contributed by atoms with E-state index in [4.69, 9.17) is 5.41 Å². The number of H-pyrrole nitrogens is 1. The number of carbonyl (C=O) groups is 1. The molecule has 4 heterocycles. The van der Waals surface area contributed by atoms with Crippen LogP contribution in [0.4, 0.5) is 0 Å². The Morgan fingerprint density at radius 1 is 1.21 bits per heavy atom. The topological polar surface area (TPSA) is 134 Å². The number of pyridine rings is 1. The fourth-order valence-corrected chi connectivity index (χ4v) is 4.14. The van der Waals surface area contributed by atoms with E-state index in [1.165, 1.54) is 4.68 Å². The van der Waals surface area contributed by atoms with E-state index in [0.29, 0.717) is 5.52 Å². The van der Waals surface area contributed by atoms with Gasteiger partial charge in [0.1, 0.15) is 5.69 Å². The van der Waals surface area contributed by atoms with E-state index in [1.807, 2.05) is 37.3 Å². The van der Waals surface area contributed by atoms with Crippen LogP contribution in [0, 0.1) is 12.3 Å². The van der Waals surface area contributed by atoms with Crippen LogP contribution in [0.15, 0.2) is 53.7 Å². The minimum atomic E-state index is -0.383. The van der Waals surface area contributed by atoms with Crippen molar-refractivity contribution >= 4 is 33.9 Å². The molecule has 0 aliphatic rings. The summed E-state index contributed by atoms with van der Waals surface area (Å²) in [5.74, 6) is -0.383. The molecule has 10 heteroatoms. The van der Waals surface area contributed by atoms with Crippen molar-refractivity contribution in [2.45, 2.75) is 20.0 Å². The Kier molecular flexibility index (Phi) is 5.25. The van der Waals surface area contributed by atoms with Gasteiger partial charge in [-0.25, -0.2) is 4.68 Å². The molecule has 1 aromatic carbocycles. The third-order valence-electron chi connectivity index (χ3n) is 5.92. The van der Waals surface area contributed by atoms with Gasteiger partial charge in [-0.3, -0.25) is 19.7 Å². The maximum Gasteiger partial charge on any atom is 0.277 e. The predicted octanol–water partition coefficient (Wildman–Crippen LogP) is 2.29. The fraction of sp³-hybridized carbons (Fsp3) is 0.167. The van der Waals surface area contributed by atoms with Gasteiger partial charge in [0.2, 0.25) is 0 Å². The molecule has 0 unspecified atom stereocenters. The lowest BCUT2D eigenvalue weighted by molar-refractivity contribution is 0.0943. The molecule has 0 aliphatic carbocycles. The monoisotopic (exact) mass is 454 g/mol. The molecule has 34 heavy (non-hydrogen) atoms. The van der Waals surface area contributed by atoms with Crippen LogP contribution in [0.3, 0.4) is 0 Å². The first-order valence-corrected chi connectivity index (χ1v) is 10.7. The van der Waals surface area contributed by atoms with E-state index in [9.17, 15) is 9.59 Å². The molecule has 3 N–H and O–H groups in total. The molecule has 0 fully saturated rings. The highest BCUT2D eigenvalue weighted by Crippen LogP contribution is 2.21. The van der Waals surface area contributed by atoms with E-state index >= 15 is 0 Å². The average molecular weight is 454 g/mol. The lowest BCUT2D eigenvalue weighted by Gasteiger charge is -2.08. The molecule has 4 aromatic heterocycles. The first-order valence-electron chi connectivity index (χ1n) is 10.7. The van der Waals surface area contributed by atoms with Crippen LogP contribution in [-0.4, -0.2) is 41.7 Å². The van der Waals surface area contributed by atoms with Crippen LogP contribution in [0.25, 0.3) is 21.8 Å². The van der Waals surface area contributed by atoms with Gasteiger partial charge in [-0.1, -0.05) is 18.2 Å². The third kappa shape index (κ3) is 3.54. The van der Waals surface area contributed by atoms with E-state index in [2.05, 4.69) is 25.6 Å². The quantitative estimate of drug-likeness (QED) is 0.339. The largest absolute Gasteiger partial charge is 0.347 e. The number of nitrogens with zero attached hydrogens (tertiary/aromatic N) is 5. The molecule has 5 rings (SSSR count). The SMILES string of the molecule is Cc1ccc(Cn2ncc3c(c(C=N)c(C(=O)NCc4cccc5[nH]ncc45)n3C)c2=O)cn1. The minimum Gasteiger partial charge on any atom is -0.347 e. The highest BCUT2D eigenvalue weighted by Gasteiger charge is 2.23. The van der Waals surface area contributed by atoms with Crippen molar-refractivity contribution in [2.24, 2.45) is 7.05 Å². The van der Waals surface area contributed by atoms with Gasteiger partial charge in [0.15, 0.2) is 0 Å². The summed E-state index contributed by atoms with van der Waals surface area (Å²) in [6.07, 6.45) is 6.02. The maximum absolute atomic E-state index is 13.3. The number of benzene rings is 1. The highest BCUT2D eigenvalue weighted by atomic mass is 16.2. The number of aryl methyl sites for hydroxylation is 2. The number of amides is 1. The number of aromatic amines is 1. The van der Waals surface area contributed by atoms with Crippen molar-refractivity contribution in [1.82, 2.24) is 34.8 Å². The number of aromatic nitrogens is 6. The predicted molar refractivity (Wildman–Crippen MR) is 128 cm³/mol. The highest BCUT2D eigenvalue weighted by molar-refractivity contribution is 6.10. The van der Waals surface area contributed by atoms with Crippen LogP contribution in [-0.2, 0) is 20.1 Å². The first kappa shape index (κ1) is 21.3. The molecule has 1 amide bonds. The summed E-state index contributed by atoms with van der Waals surface area (Å²) in [4.78, 5) is 30.7. The van der Waals surface area contributed by atoms with Crippen LogP contribution in [0.5, 0.6) is 0 Å². The summed E-state index contributed by atoms with van der Waals surface area (Å²) >= 11 is 0. The Hall–Kier alpha value is -4.60. The van der Waals surface area contributed by atoms with Gasteiger partial charge in [0.05, 0.1) is 35.4 Å². The Balaban J connectivity index is 1.50. The van der Waals surface area contributed by atoms with Crippen LogP contribution >= 0.6 is 0 Å². The van der Waals surface area contributed by atoms with E-state index in [0.717, 1.165) is 33.9 Å². The summed E-state index contributed by atoms with van der Waals surface area (Å²) in [6.45, 7) is 2.41. The Morgan fingerprint density at radius 2 is 2.06 bits per heavy atom. The second-order valence-electron chi connectivity index (χ2n) is 8.07.